The quantitative estimate of drug-likeness (QED) is 0.670. The molecule has 0 unspecified atom stereocenters. The van der Waals surface area contributed by atoms with Crippen LogP contribution in [-0.4, -0.2) is 25.7 Å². The molecular formula is C17H13BrF3N5O. The molecule has 1 aromatic carbocycles. The number of H-pyrrole nitrogens is 1. The van der Waals surface area contributed by atoms with Gasteiger partial charge < -0.3 is 4.98 Å². The maximum atomic E-state index is 12.7. The molecule has 0 radical (unpaired) electrons. The number of alkyl halides is 3. The van der Waals surface area contributed by atoms with Gasteiger partial charge in [0.2, 0.25) is 5.91 Å². The molecule has 0 spiro atoms. The number of imidazole rings is 1. The minimum atomic E-state index is -4.46. The van der Waals surface area contributed by atoms with E-state index >= 15 is 0 Å². The average Bonchev–Trinajstić information content (AvgIpc) is 3.24. The van der Waals surface area contributed by atoms with E-state index in [1.807, 2.05) is 0 Å². The summed E-state index contributed by atoms with van der Waals surface area (Å²) in [6, 6.07) is 8.67. The van der Waals surface area contributed by atoms with Crippen molar-refractivity contribution in [2.24, 2.45) is 0 Å². The Labute approximate surface area is 160 Å². The summed E-state index contributed by atoms with van der Waals surface area (Å²) < 4.78 is 40.5. The minimum Gasteiger partial charge on any atom is -0.334 e. The molecule has 1 amide bonds. The zero-order chi connectivity index (χ0) is 19.2. The molecule has 0 bridgehead atoms. The number of aromatic amines is 1. The number of benzene rings is 1. The molecular weight excluding hydrogens is 427 g/mol. The van der Waals surface area contributed by atoms with Crippen LogP contribution in [0.4, 0.5) is 19.0 Å². The average molecular weight is 440 g/mol. The number of aryl methyl sites for hydroxylation is 1. The van der Waals surface area contributed by atoms with Gasteiger partial charge in [0.25, 0.3) is 0 Å². The molecule has 0 saturated carbocycles. The Kier molecular flexibility index (Phi) is 4.29. The van der Waals surface area contributed by atoms with E-state index in [1.165, 1.54) is 0 Å². The number of carbonyl (C=O) groups excluding carboxylic acids is 1. The van der Waals surface area contributed by atoms with Gasteiger partial charge in [-0.15, -0.1) is 0 Å². The summed E-state index contributed by atoms with van der Waals surface area (Å²) in [4.78, 5) is 20.0. The van der Waals surface area contributed by atoms with E-state index in [0.29, 0.717) is 35.5 Å². The summed E-state index contributed by atoms with van der Waals surface area (Å²) in [6.45, 7) is 0.887. The highest BCUT2D eigenvalue weighted by atomic mass is 79.9. The highest BCUT2D eigenvalue weighted by Gasteiger charge is 2.33. The smallest absolute Gasteiger partial charge is 0.334 e. The maximum Gasteiger partial charge on any atom is 0.432 e. The SMILES string of the molecule is O=C1CCn2nc(Br)cc2N1Cc1ccc(-c2ncc(C(F)(F)F)[nH]2)cc1. The van der Waals surface area contributed by atoms with Gasteiger partial charge in [0, 0.05) is 18.1 Å². The Morgan fingerprint density at radius 1 is 1.22 bits per heavy atom. The molecule has 0 atom stereocenters. The normalized spacial score (nSPS) is 14.5. The van der Waals surface area contributed by atoms with Crippen molar-refractivity contribution in [2.45, 2.75) is 25.7 Å². The number of amides is 1. The number of rotatable bonds is 3. The Balaban J connectivity index is 1.55. The molecule has 2 aromatic heterocycles. The predicted molar refractivity (Wildman–Crippen MR) is 94.8 cm³/mol. The van der Waals surface area contributed by atoms with Crippen molar-refractivity contribution in [1.29, 1.82) is 0 Å². The van der Waals surface area contributed by atoms with Gasteiger partial charge in [-0.3, -0.25) is 9.69 Å². The molecule has 140 valence electrons. The lowest BCUT2D eigenvalue weighted by molar-refractivity contribution is -0.140. The third kappa shape index (κ3) is 3.48. The van der Waals surface area contributed by atoms with E-state index in [0.717, 1.165) is 11.8 Å². The van der Waals surface area contributed by atoms with Crippen LogP contribution in [0.2, 0.25) is 0 Å². The first-order chi connectivity index (χ1) is 12.8. The summed E-state index contributed by atoms with van der Waals surface area (Å²) in [5, 5.41) is 4.29. The van der Waals surface area contributed by atoms with Crippen LogP contribution < -0.4 is 4.90 Å². The van der Waals surface area contributed by atoms with Gasteiger partial charge in [0.05, 0.1) is 19.3 Å². The third-order valence-corrected chi connectivity index (χ3v) is 4.68. The summed E-state index contributed by atoms with van der Waals surface area (Å²) in [7, 11) is 0. The van der Waals surface area contributed by atoms with Crippen molar-refractivity contribution in [3.8, 4) is 11.4 Å². The molecule has 6 nitrogen and oxygen atoms in total. The second-order valence-electron chi connectivity index (χ2n) is 6.12. The zero-order valence-electron chi connectivity index (χ0n) is 13.8. The van der Waals surface area contributed by atoms with Gasteiger partial charge in [0.15, 0.2) is 0 Å². The van der Waals surface area contributed by atoms with E-state index in [9.17, 15) is 18.0 Å². The topological polar surface area (TPSA) is 66.8 Å². The number of fused-ring (bicyclic) bond motifs is 1. The van der Waals surface area contributed by atoms with Crippen LogP contribution >= 0.6 is 15.9 Å². The van der Waals surface area contributed by atoms with E-state index in [4.69, 9.17) is 0 Å². The lowest BCUT2D eigenvalue weighted by Gasteiger charge is -2.27. The van der Waals surface area contributed by atoms with E-state index in [1.54, 1.807) is 39.9 Å². The molecule has 0 aliphatic carbocycles. The van der Waals surface area contributed by atoms with E-state index in [-0.39, 0.29) is 11.7 Å². The Morgan fingerprint density at radius 3 is 2.63 bits per heavy atom. The third-order valence-electron chi connectivity index (χ3n) is 4.29. The number of carbonyl (C=O) groups is 1. The van der Waals surface area contributed by atoms with Crippen LogP contribution in [0.5, 0.6) is 0 Å². The van der Waals surface area contributed by atoms with E-state index < -0.39 is 11.9 Å². The fourth-order valence-electron chi connectivity index (χ4n) is 2.95. The van der Waals surface area contributed by atoms with Crippen molar-refractivity contribution in [3.63, 3.8) is 0 Å². The van der Waals surface area contributed by atoms with Crippen LogP contribution in [0.25, 0.3) is 11.4 Å². The molecule has 0 fully saturated rings. The number of nitrogens with zero attached hydrogens (tertiary/aromatic N) is 4. The molecule has 1 N–H and O–H groups in total. The lowest BCUT2D eigenvalue weighted by Crippen LogP contribution is -2.36. The number of aromatic nitrogens is 4. The molecule has 1 aliphatic rings. The monoisotopic (exact) mass is 439 g/mol. The first-order valence-electron chi connectivity index (χ1n) is 8.06. The van der Waals surface area contributed by atoms with Crippen LogP contribution in [0.1, 0.15) is 17.7 Å². The van der Waals surface area contributed by atoms with Gasteiger partial charge in [-0.1, -0.05) is 24.3 Å². The highest BCUT2D eigenvalue weighted by molar-refractivity contribution is 9.10. The second-order valence-corrected chi connectivity index (χ2v) is 6.93. The lowest BCUT2D eigenvalue weighted by atomic mass is 10.1. The van der Waals surface area contributed by atoms with E-state index in [2.05, 4.69) is 31.0 Å². The van der Waals surface area contributed by atoms with Crippen LogP contribution in [0, 0.1) is 0 Å². The largest absolute Gasteiger partial charge is 0.432 e. The molecule has 27 heavy (non-hydrogen) atoms. The van der Waals surface area contributed by atoms with Crippen LogP contribution in [-0.2, 0) is 24.1 Å². The number of anilines is 1. The van der Waals surface area contributed by atoms with Crippen molar-refractivity contribution >= 4 is 27.7 Å². The highest BCUT2D eigenvalue weighted by Crippen LogP contribution is 2.30. The number of nitrogens with one attached hydrogen (secondary N) is 1. The van der Waals surface area contributed by atoms with Crippen LogP contribution in [0.3, 0.4) is 0 Å². The van der Waals surface area contributed by atoms with Gasteiger partial charge in [-0.25, -0.2) is 9.67 Å². The number of hydrogen-bond donors (Lipinski definition) is 1. The molecule has 4 rings (SSSR count). The van der Waals surface area contributed by atoms with Gasteiger partial charge in [-0.2, -0.15) is 18.3 Å². The first-order valence-corrected chi connectivity index (χ1v) is 8.86. The number of halogens is 4. The fraction of sp³-hybridized carbons (Fsp3) is 0.235. The molecule has 10 heteroatoms. The Hall–Kier alpha value is -2.62. The molecule has 0 saturated heterocycles. The summed E-state index contributed by atoms with van der Waals surface area (Å²) in [5.74, 6) is 0.854. The summed E-state index contributed by atoms with van der Waals surface area (Å²) >= 11 is 3.32. The number of hydrogen-bond acceptors (Lipinski definition) is 3. The summed E-state index contributed by atoms with van der Waals surface area (Å²) in [5.41, 5.74) is 0.492. The maximum absolute atomic E-state index is 12.7. The molecule has 1 aliphatic heterocycles. The van der Waals surface area contributed by atoms with Crippen molar-refractivity contribution in [3.05, 3.63) is 52.4 Å². The van der Waals surface area contributed by atoms with Gasteiger partial charge in [-0.05, 0) is 21.5 Å². The van der Waals surface area contributed by atoms with Gasteiger partial charge in [0.1, 0.15) is 21.9 Å². The standard InChI is InChI=1S/C17H13BrF3N5O/c18-13-7-14-25(15(27)5-6-26(14)24-13)9-10-1-3-11(4-2-10)16-22-8-12(23-16)17(19,20)21/h1-4,7-8H,5-6,9H2,(H,22,23). The Morgan fingerprint density at radius 2 is 1.96 bits per heavy atom. The van der Waals surface area contributed by atoms with Crippen LogP contribution in [0.15, 0.2) is 41.1 Å². The first kappa shape index (κ1) is 17.8. The minimum absolute atomic E-state index is 0.000157. The second kappa shape index (κ2) is 6.52. The Bertz CT molecular complexity index is 993. The predicted octanol–water partition coefficient (Wildman–Crippen LogP) is 3.99. The molecule has 3 heterocycles. The molecule has 3 aromatic rings. The van der Waals surface area contributed by atoms with Crippen molar-refractivity contribution in [1.82, 2.24) is 19.7 Å². The fourth-order valence-corrected chi connectivity index (χ4v) is 3.35. The zero-order valence-corrected chi connectivity index (χ0v) is 15.4. The summed E-state index contributed by atoms with van der Waals surface area (Å²) in [6.07, 6.45) is -3.32. The van der Waals surface area contributed by atoms with Crippen molar-refractivity contribution in [2.75, 3.05) is 4.90 Å². The van der Waals surface area contributed by atoms with Crippen molar-refractivity contribution < 1.29 is 18.0 Å². The van der Waals surface area contributed by atoms with Gasteiger partial charge >= 0.3 is 6.18 Å².